The Labute approximate surface area is 229 Å². The molecule has 4 heterocycles. The molecule has 210 valence electrons. The number of nitrogens with zero attached hydrogens (tertiary/aromatic N) is 4. The Kier molecular flexibility index (Phi) is 7.39. The first-order valence-electron chi connectivity index (χ1n) is 14.1. The van der Waals surface area contributed by atoms with Crippen molar-refractivity contribution in [2.75, 3.05) is 26.2 Å². The molecule has 3 fully saturated rings. The summed E-state index contributed by atoms with van der Waals surface area (Å²) in [4.78, 5) is 53.3. The Morgan fingerprint density at radius 1 is 0.974 bits per heavy atom. The van der Waals surface area contributed by atoms with Crippen LogP contribution in [0, 0.1) is 5.92 Å². The Hall–Kier alpha value is -3.43. The van der Waals surface area contributed by atoms with E-state index >= 15 is 0 Å². The molecule has 3 aliphatic heterocycles. The van der Waals surface area contributed by atoms with Gasteiger partial charge in [0.1, 0.15) is 5.60 Å². The maximum absolute atomic E-state index is 13.2. The molecule has 0 spiro atoms. The van der Waals surface area contributed by atoms with Crippen LogP contribution >= 0.6 is 0 Å². The summed E-state index contributed by atoms with van der Waals surface area (Å²) in [5.41, 5.74) is 2.40. The SMILES string of the molecule is Cn1nc(C2CCC(=O)NC2=O)c2ccc(C3CCN(C(=O)C4CCN(C(=O)OC(C)(C)C)CC4)CC3)cc21. The second-order valence-corrected chi connectivity index (χ2v) is 12.1. The van der Waals surface area contributed by atoms with Gasteiger partial charge in [-0.25, -0.2) is 4.79 Å². The third kappa shape index (κ3) is 5.79. The molecule has 0 radical (unpaired) electrons. The third-order valence-corrected chi connectivity index (χ3v) is 8.25. The summed E-state index contributed by atoms with van der Waals surface area (Å²) in [6, 6.07) is 6.33. The fourth-order valence-electron chi connectivity index (χ4n) is 6.10. The number of rotatable bonds is 3. The number of nitrogens with one attached hydrogen (secondary N) is 1. The molecule has 1 aromatic carbocycles. The average molecular weight is 538 g/mol. The van der Waals surface area contributed by atoms with Crippen LogP contribution in [0.1, 0.15) is 82.4 Å². The molecule has 1 aromatic heterocycles. The van der Waals surface area contributed by atoms with E-state index in [0.717, 1.165) is 42.5 Å². The number of aryl methyl sites for hydroxylation is 1. The molecule has 0 bridgehead atoms. The van der Waals surface area contributed by atoms with Crippen LogP contribution in [0.15, 0.2) is 18.2 Å². The molecule has 3 saturated heterocycles. The van der Waals surface area contributed by atoms with E-state index in [0.29, 0.717) is 44.7 Å². The summed E-state index contributed by atoms with van der Waals surface area (Å²) < 4.78 is 7.29. The van der Waals surface area contributed by atoms with E-state index in [1.807, 2.05) is 43.5 Å². The zero-order valence-electron chi connectivity index (χ0n) is 23.4. The fraction of sp³-hybridized carbons (Fsp3) is 0.621. The van der Waals surface area contributed by atoms with Gasteiger partial charge >= 0.3 is 6.09 Å². The van der Waals surface area contributed by atoms with E-state index in [9.17, 15) is 19.2 Å². The molecular weight excluding hydrogens is 498 g/mol. The van der Waals surface area contributed by atoms with Crippen molar-refractivity contribution < 1.29 is 23.9 Å². The number of likely N-dealkylation sites (tertiary alicyclic amines) is 2. The summed E-state index contributed by atoms with van der Waals surface area (Å²) in [5, 5.41) is 8.03. The topological polar surface area (TPSA) is 114 Å². The van der Waals surface area contributed by atoms with Crippen LogP contribution in [0.4, 0.5) is 4.79 Å². The number of fused-ring (bicyclic) bond motifs is 1. The largest absolute Gasteiger partial charge is 0.444 e. The number of hydrogen-bond acceptors (Lipinski definition) is 6. The quantitative estimate of drug-likeness (QED) is 0.600. The Morgan fingerprint density at radius 3 is 2.28 bits per heavy atom. The van der Waals surface area contributed by atoms with Crippen molar-refractivity contribution in [1.82, 2.24) is 24.9 Å². The van der Waals surface area contributed by atoms with Crippen molar-refractivity contribution >= 4 is 34.7 Å². The molecule has 0 saturated carbocycles. The number of aromatic nitrogens is 2. The Morgan fingerprint density at radius 2 is 1.64 bits per heavy atom. The van der Waals surface area contributed by atoms with Crippen molar-refractivity contribution in [2.24, 2.45) is 13.0 Å². The smallest absolute Gasteiger partial charge is 0.410 e. The van der Waals surface area contributed by atoms with E-state index < -0.39 is 11.5 Å². The Balaban J connectivity index is 1.18. The standard InChI is InChI=1S/C29H39N5O5/c1-29(2,3)39-28(38)34-15-11-19(12-16-34)27(37)33-13-9-18(10-14-33)20-5-6-21-23(17-20)32(4)31-25(21)22-7-8-24(35)30-26(22)36/h5-6,17-19,22H,7-16H2,1-4H3,(H,30,35,36). The highest BCUT2D eigenvalue weighted by Crippen LogP contribution is 2.35. The van der Waals surface area contributed by atoms with Gasteiger partial charge in [-0.15, -0.1) is 0 Å². The van der Waals surface area contributed by atoms with Crippen LogP contribution in [-0.2, 0) is 26.2 Å². The summed E-state index contributed by atoms with van der Waals surface area (Å²) in [7, 11) is 1.89. The van der Waals surface area contributed by atoms with Crippen LogP contribution < -0.4 is 5.32 Å². The molecule has 10 nitrogen and oxygen atoms in total. The van der Waals surface area contributed by atoms with Crippen molar-refractivity contribution in [3.05, 3.63) is 29.5 Å². The molecule has 10 heteroatoms. The van der Waals surface area contributed by atoms with E-state index in [-0.39, 0.29) is 29.7 Å². The van der Waals surface area contributed by atoms with E-state index in [1.165, 1.54) is 5.56 Å². The van der Waals surface area contributed by atoms with E-state index in [4.69, 9.17) is 4.74 Å². The second kappa shape index (κ2) is 10.6. The van der Waals surface area contributed by atoms with Gasteiger partial charge in [0.05, 0.1) is 17.1 Å². The molecule has 39 heavy (non-hydrogen) atoms. The molecule has 5 rings (SSSR count). The lowest BCUT2D eigenvalue weighted by Crippen LogP contribution is -2.47. The van der Waals surface area contributed by atoms with E-state index in [1.54, 1.807) is 4.90 Å². The van der Waals surface area contributed by atoms with Gasteiger partial charge in [0.15, 0.2) is 0 Å². The summed E-state index contributed by atoms with van der Waals surface area (Å²) in [6.07, 6.45) is 3.63. The normalized spacial score (nSPS) is 21.8. The maximum atomic E-state index is 13.2. The van der Waals surface area contributed by atoms with Crippen LogP contribution in [0.3, 0.4) is 0 Å². The Bertz CT molecular complexity index is 1280. The lowest BCUT2D eigenvalue weighted by atomic mass is 9.87. The molecule has 4 amide bonds. The average Bonchev–Trinajstić information content (AvgIpc) is 3.23. The zero-order valence-corrected chi connectivity index (χ0v) is 23.4. The molecular formula is C29H39N5O5. The minimum atomic E-state index is -0.523. The molecule has 1 N–H and O–H groups in total. The third-order valence-electron chi connectivity index (χ3n) is 8.25. The van der Waals surface area contributed by atoms with Crippen LogP contribution in [0.2, 0.25) is 0 Å². The number of imide groups is 1. The molecule has 0 aliphatic carbocycles. The highest BCUT2D eigenvalue weighted by atomic mass is 16.6. The van der Waals surface area contributed by atoms with Crippen LogP contribution in [0.5, 0.6) is 0 Å². The minimum Gasteiger partial charge on any atom is -0.444 e. The first-order chi connectivity index (χ1) is 18.5. The van der Waals surface area contributed by atoms with Gasteiger partial charge in [0, 0.05) is 51.0 Å². The first-order valence-corrected chi connectivity index (χ1v) is 14.1. The predicted octanol–water partition coefficient (Wildman–Crippen LogP) is 3.45. The van der Waals surface area contributed by atoms with Crippen molar-refractivity contribution in [3.8, 4) is 0 Å². The first kappa shape index (κ1) is 27.1. The van der Waals surface area contributed by atoms with Crippen molar-refractivity contribution in [1.29, 1.82) is 0 Å². The number of hydrogen-bond donors (Lipinski definition) is 1. The summed E-state index contributed by atoms with van der Waals surface area (Å²) in [6.45, 7) is 8.12. The molecule has 1 unspecified atom stereocenters. The lowest BCUT2D eigenvalue weighted by molar-refractivity contribution is -0.138. The maximum Gasteiger partial charge on any atom is 0.410 e. The highest BCUT2D eigenvalue weighted by Gasteiger charge is 2.35. The number of benzene rings is 1. The van der Waals surface area contributed by atoms with E-state index in [2.05, 4.69) is 22.5 Å². The van der Waals surface area contributed by atoms with Crippen LogP contribution in [-0.4, -0.2) is 75.2 Å². The van der Waals surface area contributed by atoms with Gasteiger partial charge in [-0.05, 0) is 70.4 Å². The van der Waals surface area contributed by atoms with Gasteiger partial charge in [-0.1, -0.05) is 12.1 Å². The zero-order chi connectivity index (χ0) is 27.9. The number of amides is 4. The van der Waals surface area contributed by atoms with Gasteiger partial charge < -0.3 is 14.5 Å². The van der Waals surface area contributed by atoms with Crippen LogP contribution in [0.25, 0.3) is 10.9 Å². The molecule has 3 aliphatic rings. The molecule has 2 aromatic rings. The highest BCUT2D eigenvalue weighted by molar-refractivity contribution is 6.02. The number of ether oxygens (including phenoxy) is 1. The van der Waals surface area contributed by atoms with Gasteiger partial charge in [0.2, 0.25) is 17.7 Å². The van der Waals surface area contributed by atoms with Crippen molar-refractivity contribution in [2.45, 2.75) is 76.7 Å². The van der Waals surface area contributed by atoms with Crippen molar-refractivity contribution in [3.63, 3.8) is 0 Å². The lowest BCUT2D eigenvalue weighted by Gasteiger charge is -2.37. The van der Waals surface area contributed by atoms with Gasteiger partial charge in [0.25, 0.3) is 0 Å². The summed E-state index contributed by atoms with van der Waals surface area (Å²) in [5.74, 6) is -0.411. The minimum absolute atomic E-state index is 0.0447. The number of carbonyl (C=O) groups excluding carboxylic acids is 4. The second-order valence-electron chi connectivity index (χ2n) is 12.1. The number of piperidine rings is 3. The number of carbonyl (C=O) groups is 4. The van der Waals surface area contributed by atoms with Gasteiger partial charge in [-0.3, -0.25) is 24.4 Å². The fourth-order valence-corrected chi connectivity index (χ4v) is 6.10. The summed E-state index contributed by atoms with van der Waals surface area (Å²) >= 11 is 0. The predicted molar refractivity (Wildman–Crippen MR) is 145 cm³/mol. The van der Waals surface area contributed by atoms with Gasteiger partial charge in [-0.2, -0.15) is 5.10 Å². The molecule has 1 atom stereocenters. The monoisotopic (exact) mass is 537 g/mol.